The highest BCUT2D eigenvalue weighted by molar-refractivity contribution is 7.89. The molecular weight excluding hydrogens is 472 g/mol. The summed E-state index contributed by atoms with van der Waals surface area (Å²) in [6.07, 6.45) is 0. The van der Waals surface area contributed by atoms with Crippen LogP contribution >= 0.6 is 0 Å². The molecule has 2 aromatic carbocycles. The minimum Gasteiger partial charge on any atom is -0.468 e. The second-order valence-corrected chi connectivity index (χ2v) is 9.49. The maximum absolute atomic E-state index is 13.6. The Morgan fingerprint density at radius 1 is 0.943 bits per heavy atom. The molecule has 0 radical (unpaired) electrons. The number of esters is 2. The van der Waals surface area contributed by atoms with Crippen molar-refractivity contribution in [3.05, 3.63) is 83.6 Å². The van der Waals surface area contributed by atoms with Gasteiger partial charge in [-0.1, -0.05) is 35.9 Å². The molecule has 0 amide bonds. The maximum atomic E-state index is 13.6. The highest BCUT2D eigenvalue weighted by atomic mass is 32.2. The summed E-state index contributed by atoms with van der Waals surface area (Å²) in [4.78, 5) is 29.1. The van der Waals surface area contributed by atoms with E-state index in [1.165, 1.54) is 38.3 Å². The van der Waals surface area contributed by atoms with Gasteiger partial charge in [0.1, 0.15) is 12.3 Å². The standard InChI is InChI=1S/C25H26N2O7S/c1-17-10-12-20(13-11-17)35(30,31)27(16-23(28)32-3)18(2)24-21(25(29)33-4)14-15-22(26-24)34-19-8-6-5-7-9-19/h5-15,18H,16H2,1-4H3. The van der Waals surface area contributed by atoms with Crippen molar-refractivity contribution >= 4 is 22.0 Å². The van der Waals surface area contributed by atoms with Crippen molar-refractivity contribution in [1.82, 2.24) is 9.29 Å². The molecule has 1 unspecified atom stereocenters. The summed E-state index contributed by atoms with van der Waals surface area (Å²) in [5.41, 5.74) is 0.969. The normalized spacial score (nSPS) is 12.1. The van der Waals surface area contributed by atoms with E-state index >= 15 is 0 Å². The fourth-order valence-corrected chi connectivity index (χ4v) is 4.87. The average Bonchev–Trinajstić information content (AvgIpc) is 2.87. The highest BCUT2D eigenvalue weighted by Gasteiger charge is 2.35. The fraction of sp³-hybridized carbons (Fsp3) is 0.240. The molecule has 0 aliphatic carbocycles. The van der Waals surface area contributed by atoms with E-state index in [4.69, 9.17) is 14.2 Å². The number of carbonyl (C=O) groups is 2. The number of para-hydroxylation sites is 1. The molecular formula is C25H26N2O7S. The zero-order valence-corrected chi connectivity index (χ0v) is 20.6. The molecule has 0 spiro atoms. The monoisotopic (exact) mass is 498 g/mol. The molecule has 10 heteroatoms. The Morgan fingerprint density at radius 2 is 1.60 bits per heavy atom. The van der Waals surface area contributed by atoms with Crippen LogP contribution in [0.4, 0.5) is 0 Å². The van der Waals surface area contributed by atoms with Gasteiger partial charge in [0.05, 0.1) is 36.4 Å². The zero-order chi connectivity index (χ0) is 25.6. The minimum absolute atomic E-state index is 0.0184. The van der Waals surface area contributed by atoms with Crippen LogP contribution in [0.3, 0.4) is 0 Å². The van der Waals surface area contributed by atoms with Gasteiger partial charge in [0.2, 0.25) is 15.9 Å². The maximum Gasteiger partial charge on any atom is 0.339 e. The van der Waals surface area contributed by atoms with Crippen molar-refractivity contribution in [2.24, 2.45) is 0 Å². The van der Waals surface area contributed by atoms with Crippen LogP contribution in [0.1, 0.15) is 34.6 Å². The Bertz CT molecular complexity index is 1290. The minimum atomic E-state index is -4.19. The van der Waals surface area contributed by atoms with Crippen molar-refractivity contribution in [2.45, 2.75) is 24.8 Å². The van der Waals surface area contributed by atoms with Crippen LogP contribution in [0.25, 0.3) is 0 Å². The summed E-state index contributed by atoms with van der Waals surface area (Å²) >= 11 is 0. The van der Waals surface area contributed by atoms with Crippen LogP contribution in [-0.4, -0.2) is 50.4 Å². The quantitative estimate of drug-likeness (QED) is 0.409. The van der Waals surface area contributed by atoms with E-state index in [2.05, 4.69) is 4.98 Å². The van der Waals surface area contributed by atoms with Gasteiger partial charge in [0.15, 0.2) is 0 Å². The molecule has 1 aromatic heterocycles. The van der Waals surface area contributed by atoms with E-state index in [1.807, 2.05) is 13.0 Å². The summed E-state index contributed by atoms with van der Waals surface area (Å²) in [7, 11) is -1.82. The van der Waals surface area contributed by atoms with Crippen LogP contribution in [0.2, 0.25) is 0 Å². The Balaban J connectivity index is 2.11. The molecule has 1 heterocycles. The summed E-state index contributed by atoms with van der Waals surface area (Å²) in [5, 5.41) is 0. The first kappa shape index (κ1) is 25.9. The van der Waals surface area contributed by atoms with Gasteiger partial charge in [-0.05, 0) is 44.2 Å². The van der Waals surface area contributed by atoms with Gasteiger partial charge >= 0.3 is 11.9 Å². The number of methoxy groups -OCH3 is 2. The Morgan fingerprint density at radius 3 is 2.20 bits per heavy atom. The number of rotatable bonds is 9. The van der Waals surface area contributed by atoms with Gasteiger partial charge in [-0.15, -0.1) is 0 Å². The summed E-state index contributed by atoms with van der Waals surface area (Å²) in [5.74, 6) is -0.847. The predicted molar refractivity (Wildman–Crippen MR) is 128 cm³/mol. The van der Waals surface area contributed by atoms with E-state index in [-0.39, 0.29) is 22.0 Å². The van der Waals surface area contributed by atoms with E-state index in [0.29, 0.717) is 5.75 Å². The number of pyridine rings is 1. The number of hydrogen-bond donors (Lipinski definition) is 0. The van der Waals surface area contributed by atoms with Crippen LogP contribution in [-0.2, 0) is 24.3 Å². The molecule has 0 saturated heterocycles. The first-order valence-corrected chi connectivity index (χ1v) is 12.1. The molecule has 9 nitrogen and oxygen atoms in total. The molecule has 3 aromatic rings. The highest BCUT2D eigenvalue weighted by Crippen LogP contribution is 2.31. The van der Waals surface area contributed by atoms with Gasteiger partial charge in [-0.3, -0.25) is 4.79 Å². The van der Waals surface area contributed by atoms with E-state index < -0.39 is 34.5 Å². The van der Waals surface area contributed by atoms with Gasteiger partial charge in [0, 0.05) is 6.07 Å². The van der Waals surface area contributed by atoms with Crippen LogP contribution < -0.4 is 4.74 Å². The summed E-state index contributed by atoms with van der Waals surface area (Å²) in [6.45, 7) is 2.76. The topological polar surface area (TPSA) is 112 Å². The Hall–Kier alpha value is -3.76. The number of benzene rings is 2. The first-order valence-electron chi connectivity index (χ1n) is 10.6. The number of nitrogens with zero attached hydrogens (tertiary/aromatic N) is 2. The number of hydrogen-bond acceptors (Lipinski definition) is 8. The van der Waals surface area contributed by atoms with Gasteiger partial charge < -0.3 is 14.2 Å². The predicted octanol–water partition coefficient (Wildman–Crippen LogP) is 3.89. The third kappa shape index (κ3) is 6.03. The molecule has 0 fully saturated rings. The van der Waals surface area contributed by atoms with E-state index in [1.54, 1.807) is 36.4 Å². The van der Waals surface area contributed by atoms with Crippen molar-refractivity contribution < 1.29 is 32.2 Å². The number of aromatic nitrogens is 1. The lowest BCUT2D eigenvalue weighted by atomic mass is 10.1. The molecule has 184 valence electrons. The fourth-order valence-electron chi connectivity index (χ4n) is 3.33. The molecule has 0 aliphatic heterocycles. The smallest absolute Gasteiger partial charge is 0.339 e. The second kappa shape index (κ2) is 11.1. The Labute approximate surface area is 204 Å². The van der Waals surface area contributed by atoms with Crippen molar-refractivity contribution in [3.8, 4) is 11.6 Å². The van der Waals surface area contributed by atoms with Gasteiger partial charge in [-0.25, -0.2) is 18.2 Å². The Kier molecular flexibility index (Phi) is 8.21. The lowest BCUT2D eigenvalue weighted by Crippen LogP contribution is -2.39. The second-order valence-electron chi connectivity index (χ2n) is 7.60. The number of aryl methyl sites for hydroxylation is 1. The van der Waals surface area contributed by atoms with Crippen LogP contribution in [0.15, 0.2) is 71.6 Å². The third-order valence-electron chi connectivity index (χ3n) is 5.24. The SMILES string of the molecule is COC(=O)CN(C(C)c1nc(Oc2ccccc2)ccc1C(=O)OC)S(=O)(=O)c1ccc(C)cc1. The van der Waals surface area contributed by atoms with Crippen molar-refractivity contribution in [3.63, 3.8) is 0 Å². The number of sulfonamides is 1. The number of carbonyl (C=O) groups excluding carboxylic acids is 2. The molecule has 0 N–H and O–H groups in total. The molecule has 0 aliphatic rings. The van der Waals surface area contributed by atoms with E-state index in [9.17, 15) is 18.0 Å². The first-order chi connectivity index (χ1) is 16.7. The van der Waals surface area contributed by atoms with Gasteiger partial charge in [0.25, 0.3) is 0 Å². The molecule has 0 saturated carbocycles. The molecule has 0 bridgehead atoms. The summed E-state index contributed by atoms with van der Waals surface area (Å²) < 4.78 is 43.5. The van der Waals surface area contributed by atoms with E-state index in [0.717, 1.165) is 17.0 Å². The number of ether oxygens (including phenoxy) is 3. The van der Waals surface area contributed by atoms with Crippen LogP contribution in [0.5, 0.6) is 11.6 Å². The summed E-state index contributed by atoms with van der Waals surface area (Å²) in [6, 6.07) is 16.9. The molecule has 1 atom stereocenters. The largest absolute Gasteiger partial charge is 0.468 e. The average molecular weight is 499 g/mol. The zero-order valence-electron chi connectivity index (χ0n) is 19.8. The van der Waals surface area contributed by atoms with Gasteiger partial charge in [-0.2, -0.15) is 4.31 Å². The lowest BCUT2D eigenvalue weighted by Gasteiger charge is -2.28. The van der Waals surface area contributed by atoms with Crippen LogP contribution in [0, 0.1) is 6.92 Å². The molecule has 3 rings (SSSR count). The lowest BCUT2D eigenvalue weighted by molar-refractivity contribution is -0.141. The molecule has 35 heavy (non-hydrogen) atoms. The van der Waals surface area contributed by atoms with Crippen molar-refractivity contribution in [1.29, 1.82) is 0 Å². The third-order valence-corrected chi connectivity index (χ3v) is 7.17. The van der Waals surface area contributed by atoms with Crippen molar-refractivity contribution in [2.75, 3.05) is 20.8 Å².